The van der Waals surface area contributed by atoms with Crippen molar-refractivity contribution in [1.29, 1.82) is 0 Å². The van der Waals surface area contributed by atoms with E-state index in [1.807, 2.05) is 0 Å². The van der Waals surface area contributed by atoms with Gasteiger partial charge in [0.25, 0.3) is 0 Å². The maximum Gasteiger partial charge on any atom is 0.412 e. The van der Waals surface area contributed by atoms with Crippen LogP contribution in [0.4, 0.5) is 14.9 Å². The molecular weight excluding hydrogens is 275 g/mol. The van der Waals surface area contributed by atoms with Crippen LogP contribution in [0.25, 0.3) is 0 Å². The first-order valence-corrected chi connectivity index (χ1v) is 6.86. The fourth-order valence-corrected chi connectivity index (χ4v) is 1.73. The van der Waals surface area contributed by atoms with Gasteiger partial charge in [-0.3, -0.25) is 5.32 Å². The van der Waals surface area contributed by atoms with Gasteiger partial charge in [-0.1, -0.05) is 0 Å². The van der Waals surface area contributed by atoms with Crippen LogP contribution in [0.3, 0.4) is 0 Å². The quantitative estimate of drug-likeness (QED) is 0.867. The van der Waals surface area contributed by atoms with Crippen molar-refractivity contribution in [2.24, 2.45) is 5.14 Å². The number of primary sulfonamides is 1. The van der Waals surface area contributed by atoms with E-state index in [2.05, 4.69) is 5.32 Å². The summed E-state index contributed by atoms with van der Waals surface area (Å²) in [6.07, 6.45) is -0.891. The zero-order valence-electron chi connectivity index (χ0n) is 10.7. The van der Waals surface area contributed by atoms with Gasteiger partial charge >= 0.3 is 6.09 Å². The van der Waals surface area contributed by atoms with E-state index in [-0.39, 0.29) is 10.6 Å². The Bertz CT molecular complexity index is 593. The molecule has 0 saturated carbocycles. The molecule has 0 unspecified atom stereocenters. The number of ether oxygens (including phenoxy) is 1. The molecule has 1 amide bonds. The van der Waals surface area contributed by atoms with Crippen LogP contribution in [0.1, 0.15) is 20.8 Å². The molecule has 0 aliphatic rings. The molecule has 3 N–H and O–H groups in total. The summed E-state index contributed by atoms with van der Waals surface area (Å²) in [4.78, 5) is 11.2. The standard InChI is InChI=1S/C11H15FN2O4S/c1-11(2,3)18-10(15)14-9-6-7(19(13,16)17)4-5-8(9)12/h4-6H,1-3H3,(H,14,15)(H2,13,16,17). The number of benzene rings is 1. The fraction of sp³-hybridized carbons (Fsp3) is 0.364. The van der Waals surface area contributed by atoms with Crippen molar-refractivity contribution in [1.82, 2.24) is 0 Å². The van der Waals surface area contributed by atoms with E-state index in [4.69, 9.17) is 9.88 Å². The van der Waals surface area contributed by atoms with Gasteiger partial charge in [-0.25, -0.2) is 22.7 Å². The normalized spacial score (nSPS) is 12.1. The van der Waals surface area contributed by atoms with E-state index < -0.39 is 27.5 Å². The maximum absolute atomic E-state index is 13.4. The molecule has 0 aliphatic carbocycles. The van der Waals surface area contributed by atoms with Gasteiger partial charge in [0, 0.05) is 0 Å². The fourth-order valence-electron chi connectivity index (χ4n) is 1.19. The van der Waals surface area contributed by atoms with Crippen LogP contribution >= 0.6 is 0 Å². The monoisotopic (exact) mass is 290 g/mol. The molecule has 19 heavy (non-hydrogen) atoms. The van der Waals surface area contributed by atoms with Crippen molar-refractivity contribution >= 4 is 21.8 Å². The average molecular weight is 290 g/mol. The summed E-state index contributed by atoms with van der Waals surface area (Å²) in [6.45, 7) is 4.93. The molecule has 0 heterocycles. The molecule has 0 spiro atoms. The molecule has 0 fully saturated rings. The second-order valence-electron chi connectivity index (χ2n) is 4.81. The van der Waals surface area contributed by atoms with E-state index in [0.717, 1.165) is 18.2 Å². The summed E-state index contributed by atoms with van der Waals surface area (Å²) < 4.78 is 40.6. The minimum Gasteiger partial charge on any atom is -0.444 e. The van der Waals surface area contributed by atoms with E-state index >= 15 is 0 Å². The van der Waals surface area contributed by atoms with Gasteiger partial charge < -0.3 is 4.74 Å². The lowest BCUT2D eigenvalue weighted by atomic mass is 10.2. The van der Waals surface area contributed by atoms with Crippen LogP contribution < -0.4 is 10.5 Å². The second kappa shape index (κ2) is 5.14. The number of halogens is 1. The minimum absolute atomic E-state index is 0.306. The molecule has 1 rings (SSSR count). The molecule has 0 aromatic heterocycles. The predicted molar refractivity (Wildman–Crippen MR) is 67.6 cm³/mol. The van der Waals surface area contributed by atoms with E-state index in [9.17, 15) is 17.6 Å². The third-order valence-electron chi connectivity index (χ3n) is 1.90. The molecule has 0 bridgehead atoms. The maximum atomic E-state index is 13.4. The number of hydrogen-bond donors (Lipinski definition) is 2. The van der Waals surface area contributed by atoms with Crippen LogP contribution in [0.15, 0.2) is 23.1 Å². The highest BCUT2D eigenvalue weighted by Gasteiger charge is 2.18. The molecule has 6 nitrogen and oxygen atoms in total. The number of amides is 1. The van der Waals surface area contributed by atoms with E-state index in [0.29, 0.717) is 0 Å². The number of carbonyl (C=O) groups is 1. The Balaban J connectivity index is 2.99. The Labute approximate surface area is 110 Å². The molecule has 1 aromatic rings. The molecule has 1 aromatic carbocycles. The highest BCUT2D eigenvalue weighted by atomic mass is 32.2. The number of anilines is 1. The van der Waals surface area contributed by atoms with E-state index in [1.54, 1.807) is 20.8 Å². The highest BCUT2D eigenvalue weighted by molar-refractivity contribution is 7.89. The summed E-state index contributed by atoms with van der Waals surface area (Å²) >= 11 is 0. The van der Waals surface area contributed by atoms with Crippen molar-refractivity contribution in [2.75, 3.05) is 5.32 Å². The van der Waals surface area contributed by atoms with E-state index in [1.165, 1.54) is 0 Å². The number of nitrogens with one attached hydrogen (secondary N) is 1. The third-order valence-corrected chi connectivity index (χ3v) is 2.81. The largest absolute Gasteiger partial charge is 0.444 e. The Kier molecular flexibility index (Phi) is 4.16. The Morgan fingerprint density at radius 2 is 1.95 bits per heavy atom. The number of hydrogen-bond acceptors (Lipinski definition) is 4. The number of carbonyl (C=O) groups excluding carboxylic acids is 1. The van der Waals surface area contributed by atoms with Gasteiger partial charge in [-0.2, -0.15) is 0 Å². The Morgan fingerprint density at radius 1 is 1.37 bits per heavy atom. The lowest BCUT2D eigenvalue weighted by molar-refractivity contribution is 0.0635. The van der Waals surface area contributed by atoms with Crippen LogP contribution in [0, 0.1) is 5.82 Å². The lowest BCUT2D eigenvalue weighted by Gasteiger charge is -2.19. The molecule has 8 heteroatoms. The summed E-state index contributed by atoms with van der Waals surface area (Å²) in [5.74, 6) is -0.793. The van der Waals surface area contributed by atoms with Gasteiger partial charge in [-0.05, 0) is 39.0 Å². The summed E-state index contributed by atoms with van der Waals surface area (Å²) in [5.41, 5.74) is -1.07. The highest BCUT2D eigenvalue weighted by Crippen LogP contribution is 2.19. The minimum atomic E-state index is -3.97. The SMILES string of the molecule is CC(C)(C)OC(=O)Nc1cc(S(N)(=O)=O)ccc1F. The van der Waals surface area contributed by atoms with Crippen molar-refractivity contribution in [3.8, 4) is 0 Å². The topological polar surface area (TPSA) is 98.5 Å². The molecular formula is C11H15FN2O4S. The van der Waals surface area contributed by atoms with Gasteiger partial charge in [0.15, 0.2) is 0 Å². The van der Waals surface area contributed by atoms with Gasteiger partial charge in [0.2, 0.25) is 10.0 Å². The number of sulfonamides is 1. The Hall–Kier alpha value is -1.67. The smallest absolute Gasteiger partial charge is 0.412 e. The lowest BCUT2D eigenvalue weighted by Crippen LogP contribution is -2.27. The first kappa shape index (κ1) is 15.4. The molecule has 106 valence electrons. The van der Waals surface area contributed by atoms with Crippen molar-refractivity contribution in [2.45, 2.75) is 31.3 Å². The first-order chi connectivity index (χ1) is 8.49. The van der Waals surface area contributed by atoms with Gasteiger partial charge in [-0.15, -0.1) is 0 Å². The van der Waals surface area contributed by atoms with Crippen LogP contribution in [0.2, 0.25) is 0 Å². The first-order valence-electron chi connectivity index (χ1n) is 5.31. The summed E-state index contributed by atoms with van der Waals surface area (Å²) in [7, 11) is -3.97. The van der Waals surface area contributed by atoms with Crippen molar-refractivity contribution < 1.29 is 22.3 Å². The molecule has 0 saturated heterocycles. The molecule has 0 radical (unpaired) electrons. The summed E-state index contributed by atoms with van der Waals surface area (Å²) in [6, 6.07) is 2.83. The predicted octanol–water partition coefficient (Wildman–Crippen LogP) is 1.82. The molecule has 0 atom stereocenters. The summed E-state index contributed by atoms with van der Waals surface area (Å²) in [5, 5.41) is 7.04. The van der Waals surface area contributed by atoms with Crippen LogP contribution in [-0.2, 0) is 14.8 Å². The number of rotatable bonds is 2. The van der Waals surface area contributed by atoms with Crippen molar-refractivity contribution in [3.05, 3.63) is 24.0 Å². The second-order valence-corrected chi connectivity index (χ2v) is 6.37. The van der Waals surface area contributed by atoms with Gasteiger partial charge in [0.05, 0.1) is 10.6 Å². The van der Waals surface area contributed by atoms with Crippen molar-refractivity contribution in [3.63, 3.8) is 0 Å². The average Bonchev–Trinajstić information content (AvgIpc) is 2.16. The van der Waals surface area contributed by atoms with Crippen LogP contribution in [0.5, 0.6) is 0 Å². The van der Waals surface area contributed by atoms with Crippen LogP contribution in [-0.4, -0.2) is 20.1 Å². The van der Waals surface area contributed by atoms with Gasteiger partial charge in [0.1, 0.15) is 11.4 Å². The zero-order chi connectivity index (χ0) is 14.8. The Morgan fingerprint density at radius 3 is 2.42 bits per heavy atom. The third kappa shape index (κ3) is 4.84. The molecule has 0 aliphatic heterocycles. The zero-order valence-corrected chi connectivity index (χ0v) is 11.5. The number of nitrogens with two attached hydrogens (primary N) is 1.